The number of aliphatic hydroxyl groups is 1. The summed E-state index contributed by atoms with van der Waals surface area (Å²) in [7, 11) is 1.68. The second kappa shape index (κ2) is 5.17. The summed E-state index contributed by atoms with van der Waals surface area (Å²) in [5.74, 6) is -0.376. The van der Waals surface area contributed by atoms with E-state index in [-0.39, 0.29) is 23.3 Å². The van der Waals surface area contributed by atoms with Crippen molar-refractivity contribution in [2.24, 2.45) is 5.92 Å². The van der Waals surface area contributed by atoms with E-state index in [1.807, 2.05) is 0 Å². The summed E-state index contributed by atoms with van der Waals surface area (Å²) in [5, 5.41) is 9.22. The first-order valence-electron chi connectivity index (χ1n) is 6.37. The van der Waals surface area contributed by atoms with E-state index in [0.29, 0.717) is 18.0 Å². The molecule has 0 spiro atoms. The van der Waals surface area contributed by atoms with Gasteiger partial charge in [0.15, 0.2) is 0 Å². The first-order chi connectivity index (χ1) is 8.88. The molecule has 0 aromatic heterocycles. The van der Waals surface area contributed by atoms with Gasteiger partial charge < -0.3 is 15.7 Å². The Labute approximate surface area is 112 Å². The largest absolute Gasteiger partial charge is 0.398 e. The highest BCUT2D eigenvalue weighted by atomic mass is 19.1. The fourth-order valence-electron chi connectivity index (χ4n) is 2.36. The van der Waals surface area contributed by atoms with Crippen LogP contribution < -0.4 is 5.73 Å². The number of nitrogens with zero attached hydrogens (tertiary/aromatic N) is 1. The molecule has 0 heterocycles. The highest BCUT2D eigenvalue weighted by molar-refractivity contribution is 5.95. The molecule has 0 bridgehead atoms. The number of nitrogens with two attached hydrogens (primary N) is 1. The number of amides is 1. The third kappa shape index (κ3) is 2.87. The molecular weight excluding hydrogens is 247 g/mol. The molecule has 1 aliphatic carbocycles. The van der Waals surface area contributed by atoms with Crippen molar-refractivity contribution in [1.29, 1.82) is 0 Å². The van der Waals surface area contributed by atoms with Crippen molar-refractivity contribution in [2.75, 3.05) is 19.3 Å². The maximum Gasteiger partial charge on any atom is 0.253 e. The van der Waals surface area contributed by atoms with Crippen LogP contribution in [0.25, 0.3) is 0 Å². The fraction of sp³-hybridized carbons (Fsp3) is 0.500. The zero-order valence-corrected chi connectivity index (χ0v) is 11.2. The van der Waals surface area contributed by atoms with Crippen molar-refractivity contribution < 1.29 is 14.3 Å². The molecule has 1 fully saturated rings. The molecule has 3 N–H and O–H groups in total. The van der Waals surface area contributed by atoms with Gasteiger partial charge in [0.1, 0.15) is 5.82 Å². The summed E-state index contributed by atoms with van der Waals surface area (Å²) in [6, 6.07) is 2.73. The SMILES string of the molecule is Cc1c(N)cc(C(=O)N(C)CC2CC(O)C2)cc1F. The van der Waals surface area contributed by atoms with Gasteiger partial charge >= 0.3 is 0 Å². The van der Waals surface area contributed by atoms with E-state index >= 15 is 0 Å². The summed E-state index contributed by atoms with van der Waals surface area (Å²) in [4.78, 5) is 13.7. The van der Waals surface area contributed by atoms with Gasteiger partial charge in [-0.1, -0.05) is 0 Å². The van der Waals surface area contributed by atoms with Gasteiger partial charge in [0, 0.05) is 30.4 Å². The molecule has 0 atom stereocenters. The van der Waals surface area contributed by atoms with Gasteiger partial charge in [-0.05, 0) is 37.8 Å². The van der Waals surface area contributed by atoms with Gasteiger partial charge in [0.25, 0.3) is 5.91 Å². The first-order valence-corrected chi connectivity index (χ1v) is 6.37. The lowest BCUT2D eigenvalue weighted by atomic mass is 9.82. The lowest BCUT2D eigenvalue weighted by molar-refractivity contribution is 0.0265. The van der Waals surface area contributed by atoms with Gasteiger partial charge in [0.2, 0.25) is 0 Å². The monoisotopic (exact) mass is 266 g/mol. The van der Waals surface area contributed by atoms with Crippen LogP contribution in [0.5, 0.6) is 0 Å². The zero-order valence-electron chi connectivity index (χ0n) is 11.2. The molecule has 0 unspecified atom stereocenters. The van der Waals surface area contributed by atoms with E-state index in [4.69, 9.17) is 5.73 Å². The predicted molar refractivity (Wildman–Crippen MR) is 71.2 cm³/mol. The number of aliphatic hydroxyl groups excluding tert-OH is 1. The third-order valence-electron chi connectivity index (χ3n) is 3.72. The third-order valence-corrected chi connectivity index (χ3v) is 3.72. The highest BCUT2D eigenvalue weighted by Gasteiger charge is 2.29. The minimum atomic E-state index is -0.462. The molecule has 19 heavy (non-hydrogen) atoms. The van der Waals surface area contributed by atoms with Crippen LogP contribution in [0.2, 0.25) is 0 Å². The van der Waals surface area contributed by atoms with E-state index in [2.05, 4.69) is 0 Å². The molecule has 1 saturated carbocycles. The Kier molecular flexibility index (Phi) is 3.75. The second-order valence-electron chi connectivity index (χ2n) is 5.35. The Morgan fingerprint density at radius 1 is 1.53 bits per heavy atom. The van der Waals surface area contributed by atoms with Crippen LogP contribution in [0.1, 0.15) is 28.8 Å². The number of hydrogen-bond acceptors (Lipinski definition) is 3. The fourth-order valence-corrected chi connectivity index (χ4v) is 2.36. The van der Waals surface area contributed by atoms with Crippen LogP contribution in [0.15, 0.2) is 12.1 Å². The Hall–Kier alpha value is -1.62. The Morgan fingerprint density at radius 3 is 2.68 bits per heavy atom. The molecule has 104 valence electrons. The number of anilines is 1. The average molecular weight is 266 g/mol. The normalized spacial score (nSPS) is 21.9. The number of halogens is 1. The Bertz CT molecular complexity index is 475. The topological polar surface area (TPSA) is 66.6 Å². The van der Waals surface area contributed by atoms with E-state index < -0.39 is 5.82 Å². The van der Waals surface area contributed by atoms with E-state index in [9.17, 15) is 14.3 Å². The maximum atomic E-state index is 13.6. The second-order valence-corrected chi connectivity index (χ2v) is 5.35. The number of benzene rings is 1. The zero-order chi connectivity index (χ0) is 14.2. The maximum absolute atomic E-state index is 13.6. The molecule has 4 nitrogen and oxygen atoms in total. The van der Waals surface area contributed by atoms with Crippen LogP contribution >= 0.6 is 0 Å². The van der Waals surface area contributed by atoms with Gasteiger partial charge in [-0.15, -0.1) is 0 Å². The number of rotatable bonds is 3. The number of carbonyl (C=O) groups excluding carboxylic acids is 1. The quantitative estimate of drug-likeness (QED) is 0.816. The van der Waals surface area contributed by atoms with Gasteiger partial charge in [-0.3, -0.25) is 4.79 Å². The van der Waals surface area contributed by atoms with E-state index in [1.54, 1.807) is 18.9 Å². The summed E-state index contributed by atoms with van der Waals surface area (Å²) >= 11 is 0. The molecule has 0 radical (unpaired) electrons. The standard InChI is InChI=1S/C14H19FN2O2/c1-8-12(15)5-10(6-13(8)16)14(19)17(2)7-9-3-11(18)4-9/h5-6,9,11,18H,3-4,7,16H2,1-2H3. The molecule has 0 saturated heterocycles. The van der Waals surface area contributed by atoms with Crippen LogP contribution in [0.3, 0.4) is 0 Å². The lowest BCUT2D eigenvalue weighted by Crippen LogP contribution is -2.39. The minimum Gasteiger partial charge on any atom is -0.398 e. The van der Waals surface area contributed by atoms with Crippen LogP contribution in [-0.2, 0) is 0 Å². The average Bonchev–Trinajstić information content (AvgIpc) is 2.32. The minimum absolute atomic E-state index is 0.235. The smallest absolute Gasteiger partial charge is 0.253 e. The van der Waals surface area contributed by atoms with Crippen molar-refractivity contribution in [3.05, 3.63) is 29.1 Å². The van der Waals surface area contributed by atoms with Crippen LogP contribution in [0.4, 0.5) is 10.1 Å². The van der Waals surface area contributed by atoms with Gasteiger partial charge in [-0.2, -0.15) is 0 Å². The molecule has 1 aromatic carbocycles. The van der Waals surface area contributed by atoms with Crippen molar-refractivity contribution >= 4 is 11.6 Å². The number of nitrogen functional groups attached to an aromatic ring is 1. The lowest BCUT2D eigenvalue weighted by Gasteiger charge is -2.34. The van der Waals surface area contributed by atoms with E-state index in [0.717, 1.165) is 12.8 Å². The molecular formula is C14H19FN2O2. The molecule has 1 amide bonds. The van der Waals surface area contributed by atoms with Crippen molar-refractivity contribution in [2.45, 2.75) is 25.9 Å². The summed E-state index contributed by atoms with van der Waals surface area (Å²) in [5.41, 5.74) is 6.59. The Balaban J connectivity index is 2.06. The van der Waals surface area contributed by atoms with Crippen LogP contribution in [0, 0.1) is 18.7 Å². The van der Waals surface area contributed by atoms with Gasteiger partial charge in [-0.25, -0.2) is 4.39 Å². The van der Waals surface area contributed by atoms with Crippen molar-refractivity contribution in [3.63, 3.8) is 0 Å². The van der Waals surface area contributed by atoms with E-state index in [1.165, 1.54) is 12.1 Å². The first kappa shape index (κ1) is 13.8. The predicted octanol–water partition coefficient (Wildman–Crippen LogP) is 1.56. The molecule has 1 aliphatic rings. The summed E-state index contributed by atoms with van der Waals surface area (Å²) in [6.45, 7) is 2.16. The molecule has 2 rings (SSSR count). The van der Waals surface area contributed by atoms with Crippen LogP contribution in [-0.4, -0.2) is 35.6 Å². The van der Waals surface area contributed by atoms with Crippen molar-refractivity contribution in [1.82, 2.24) is 4.90 Å². The molecule has 5 heteroatoms. The van der Waals surface area contributed by atoms with Gasteiger partial charge in [0.05, 0.1) is 6.10 Å². The van der Waals surface area contributed by atoms with Crippen molar-refractivity contribution in [3.8, 4) is 0 Å². The molecule has 0 aliphatic heterocycles. The number of hydrogen-bond donors (Lipinski definition) is 2. The summed E-state index contributed by atoms with van der Waals surface area (Å²) in [6.07, 6.45) is 1.21. The Morgan fingerprint density at radius 2 is 2.16 bits per heavy atom. The summed E-state index contributed by atoms with van der Waals surface area (Å²) < 4.78 is 13.6. The number of carbonyl (C=O) groups is 1. The highest BCUT2D eigenvalue weighted by Crippen LogP contribution is 2.28. The molecule has 1 aromatic rings.